The molecular formula is C14H22N2O3. The molecule has 0 aliphatic heterocycles. The number of ether oxygens (including phenoxy) is 1. The van der Waals surface area contributed by atoms with Gasteiger partial charge in [-0.1, -0.05) is 12.1 Å². The molecule has 0 saturated heterocycles. The van der Waals surface area contributed by atoms with Crippen molar-refractivity contribution in [1.29, 1.82) is 0 Å². The zero-order chi connectivity index (χ0) is 14.1. The second kappa shape index (κ2) is 8.37. The Labute approximate surface area is 113 Å². The molecule has 0 unspecified atom stereocenters. The standard InChI is InChI=1S/C14H22N2O3/c1-2-19-12-7-5-6-11(14(12)18)10-16-9-4-3-8-13(15)17/h5-7,16,18H,2-4,8-10H2,1H3,(H2,15,17). The van der Waals surface area contributed by atoms with Crippen molar-refractivity contribution in [1.82, 2.24) is 5.32 Å². The minimum Gasteiger partial charge on any atom is -0.504 e. The van der Waals surface area contributed by atoms with Gasteiger partial charge < -0.3 is 20.9 Å². The Balaban J connectivity index is 2.33. The van der Waals surface area contributed by atoms with E-state index < -0.39 is 0 Å². The maximum atomic E-state index is 10.6. The van der Waals surface area contributed by atoms with Crippen LogP contribution in [0.2, 0.25) is 0 Å². The van der Waals surface area contributed by atoms with E-state index in [1.807, 2.05) is 19.1 Å². The summed E-state index contributed by atoms with van der Waals surface area (Å²) in [5.74, 6) is 0.437. The Morgan fingerprint density at radius 1 is 1.42 bits per heavy atom. The molecule has 5 heteroatoms. The summed E-state index contributed by atoms with van der Waals surface area (Å²) in [6.45, 7) is 3.76. The molecule has 5 nitrogen and oxygen atoms in total. The van der Waals surface area contributed by atoms with E-state index in [-0.39, 0.29) is 11.7 Å². The van der Waals surface area contributed by atoms with Crippen LogP contribution in [0.3, 0.4) is 0 Å². The molecule has 1 aromatic carbocycles. The van der Waals surface area contributed by atoms with Crippen LogP contribution < -0.4 is 15.8 Å². The number of rotatable bonds is 9. The number of carbonyl (C=O) groups is 1. The highest BCUT2D eigenvalue weighted by Gasteiger charge is 2.06. The van der Waals surface area contributed by atoms with Crippen LogP contribution in [0.25, 0.3) is 0 Å². The van der Waals surface area contributed by atoms with Gasteiger partial charge in [-0.2, -0.15) is 0 Å². The van der Waals surface area contributed by atoms with Crippen LogP contribution in [0, 0.1) is 0 Å². The van der Waals surface area contributed by atoms with Gasteiger partial charge in [0.15, 0.2) is 11.5 Å². The van der Waals surface area contributed by atoms with Gasteiger partial charge in [0.25, 0.3) is 0 Å². The molecule has 0 aliphatic carbocycles. The number of amides is 1. The normalized spacial score (nSPS) is 10.4. The largest absolute Gasteiger partial charge is 0.504 e. The van der Waals surface area contributed by atoms with Gasteiger partial charge in [-0.3, -0.25) is 4.79 Å². The van der Waals surface area contributed by atoms with E-state index in [9.17, 15) is 9.90 Å². The van der Waals surface area contributed by atoms with Gasteiger partial charge in [0.1, 0.15) is 0 Å². The van der Waals surface area contributed by atoms with Crippen LogP contribution in [0.5, 0.6) is 11.5 Å². The van der Waals surface area contributed by atoms with Gasteiger partial charge in [0.05, 0.1) is 6.61 Å². The first kappa shape index (κ1) is 15.3. The molecule has 0 aliphatic rings. The number of carbonyl (C=O) groups excluding carboxylic acids is 1. The molecule has 106 valence electrons. The number of unbranched alkanes of at least 4 members (excludes halogenated alkanes) is 1. The van der Waals surface area contributed by atoms with Crippen molar-refractivity contribution in [3.63, 3.8) is 0 Å². The van der Waals surface area contributed by atoms with Crippen molar-refractivity contribution < 1.29 is 14.6 Å². The average Bonchev–Trinajstić information content (AvgIpc) is 2.37. The van der Waals surface area contributed by atoms with E-state index in [0.29, 0.717) is 25.3 Å². The maximum Gasteiger partial charge on any atom is 0.217 e. The van der Waals surface area contributed by atoms with Crippen molar-refractivity contribution in [2.45, 2.75) is 32.7 Å². The van der Waals surface area contributed by atoms with E-state index in [1.165, 1.54) is 0 Å². The zero-order valence-corrected chi connectivity index (χ0v) is 11.3. The third kappa shape index (κ3) is 5.61. The van der Waals surface area contributed by atoms with E-state index in [1.54, 1.807) is 6.07 Å². The van der Waals surface area contributed by atoms with Crippen LogP contribution in [-0.2, 0) is 11.3 Å². The fraction of sp³-hybridized carbons (Fsp3) is 0.500. The Morgan fingerprint density at radius 2 is 2.21 bits per heavy atom. The zero-order valence-electron chi connectivity index (χ0n) is 11.3. The van der Waals surface area contributed by atoms with Gasteiger partial charge in [0, 0.05) is 18.5 Å². The lowest BCUT2D eigenvalue weighted by atomic mass is 10.1. The molecule has 4 N–H and O–H groups in total. The number of hydrogen-bond donors (Lipinski definition) is 3. The minimum absolute atomic E-state index is 0.189. The molecular weight excluding hydrogens is 244 g/mol. The third-order valence-corrected chi connectivity index (χ3v) is 2.72. The van der Waals surface area contributed by atoms with Crippen molar-refractivity contribution >= 4 is 5.91 Å². The number of para-hydroxylation sites is 1. The summed E-state index contributed by atoms with van der Waals surface area (Å²) in [5.41, 5.74) is 5.86. The first-order valence-corrected chi connectivity index (χ1v) is 6.57. The molecule has 0 spiro atoms. The molecule has 0 saturated carbocycles. The summed E-state index contributed by atoms with van der Waals surface area (Å²) in [6, 6.07) is 5.46. The van der Waals surface area contributed by atoms with Crippen LogP contribution in [0.1, 0.15) is 31.7 Å². The second-order valence-corrected chi connectivity index (χ2v) is 4.30. The molecule has 0 fully saturated rings. The number of primary amides is 1. The number of aromatic hydroxyl groups is 1. The van der Waals surface area contributed by atoms with Gasteiger partial charge in [-0.25, -0.2) is 0 Å². The molecule has 0 radical (unpaired) electrons. The highest BCUT2D eigenvalue weighted by Crippen LogP contribution is 2.29. The first-order valence-electron chi connectivity index (χ1n) is 6.57. The van der Waals surface area contributed by atoms with Gasteiger partial charge in [0.2, 0.25) is 5.91 Å². The summed E-state index contributed by atoms with van der Waals surface area (Å²) in [4.78, 5) is 10.6. The fourth-order valence-electron chi connectivity index (χ4n) is 1.75. The van der Waals surface area contributed by atoms with Gasteiger partial charge in [-0.05, 0) is 32.4 Å². The maximum absolute atomic E-state index is 10.6. The summed E-state index contributed by atoms with van der Waals surface area (Å²) in [7, 11) is 0. The number of nitrogens with two attached hydrogens (primary N) is 1. The van der Waals surface area contributed by atoms with Gasteiger partial charge >= 0.3 is 0 Å². The quantitative estimate of drug-likeness (QED) is 0.592. The monoisotopic (exact) mass is 266 g/mol. The number of phenols is 1. The molecule has 19 heavy (non-hydrogen) atoms. The highest BCUT2D eigenvalue weighted by molar-refractivity contribution is 5.73. The van der Waals surface area contributed by atoms with E-state index in [4.69, 9.17) is 10.5 Å². The number of nitrogens with one attached hydrogen (secondary N) is 1. The third-order valence-electron chi connectivity index (χ3n) is 2.72. The number of hydrogen-bond acceptors (Lipinski definition) is 4. The lowest BCUT2D eigenvalue weighted by Crippen LogP contribution is -2.16. The molecule has 0 atom stereocenters. The lowest BCUT2D eigenvalue weighted by molar-refractivity contribution is -0.118. The van der Waals surface area contributed by atoms with Crippen LogP contribution in [0.15, 0.2) is 18.2 Å². The minimum atomic E-state index is -0.262. The molecule has 1 amide bonds. The number of benzene rings is 1. The molecule has 0 bridgehead atoms. The van der Waals surface area contributed by atoms with Crippen molar-refractivity contribution in [2.24, 2.45) is 5.73 Å². The molecule has 0 heterocycles. The van der Waals surface area contributed by atoms with Crippen molar-refractivity contribution in [3.05, 3.63) is 23.8 Å². The van der Waals surface area contributed by atoms with Crippen molar-refractivity contribution in [2.75, 3.05) is 13.2 Å². The summed E-state index contributed by atoms with van der Waals surface area (Å²) >= 11 is 0. The molecule has 1 aromatic rings. The van der Waals surface area contributed by atoms with Crippen LogP contribution in [-0.4, -0.2) is 24.2 Å². The molecule has 0 aromatic heterocycles. The van der Waals surface area contributed by atoms with Crippen molar-refractivity contribution in [3.8, 4) is 11.5 Å². The fourth-order valence-corrected chi connectivity index (χ4v) is 1.75. The summed E-state index contributed by atoms with van der Waals surface area (Å²) in [6.07, 6.45) is 2.09. The Morgan fingerprint density at radius 3 is 2.89 bits per heavy atom. The van der Waals surface area contributed by atoms with E-state index >= 15 is 0 Å². The van der Waals surface area contributed by atoms with E-state index in [0.717, 1.165) is 24.9 Å². The second-order valence-electron chi connectivity index (χ2n) is 4.30. The summed E-state index contributed by atoms with van der Waals surface area (Å²) in [5, 5.41) is 13.2. The van der Waals surface area contributed by atoms with E-state index in [2.05, 4.69) is 5.32 Å². The predicted octanol–water partition coefficient (Wildman–Crippen LogP) is 1.54. The SMILES string of the molecule is CCOc1cccc(CNCCCCC(N)=O)c1O. The summed E-state index contributed by atoms with van der Waals surface area (Å²) < 4.78 is 5.32. The predicted molar refractivity (Wildman–Crippen MR) is 74.0 cm³/mol. The Bertz CT molecular complexity index is 408. The topological polar surface area (TPSA) is 84.6 Å². The molecule has 1 rings (SSSR count). The first-order chi connectivity index (χ1) is 9.15. The Hall–Kier alpha value is -1.75. The smallest absolute Gasteiger partial charge is 0.217 e. The average molecular weight is 266 g/mol. The van der Waals surface area contributed by atoms with Crippen LogP contribution >= 0.6 is 0 Å². The lowest BCUT2D eigenvalue weighted by Gasteiger charge is -2.10. The number of phenolic OH excluding ortho intramolecular Hbond substituents is 1. The Kier molecular flexibility index (Phi) is 6.74. The van der Waals surface area contributed by atoms with Gasteiger partial charge in [-0.15, -0.1) is 0 Å². The van der Waals surface area contributed by atoms with Crippen LogP contribution in [0.4, 0.5) is 0 Å². The highest BCUT2D eigenvalue weighted by atomic mass is 16.5.